The van der Waals surface area contributed by atoms with Crippen molar-refractivity contribution in [2.24, 2.45) is 0 Å². The van der Waals surface area contributed by atoms with Crippen LogP contribution in [0, 0.1) is 0 Å². The maximum absolute atomic E-state index is 12.3. The molecule has 2 heterocycles. The molecule has 1 saturated carbocycles. The Kier molecular flexibility index (Phi) is 5.46. The van der Waals surface area contributed by atoms with Crippen molar-refractivity contribution in [2.75, 3.05) is 19.9 Å². The number of rotatable bonds is 6. The second kappa shape index (κ2) is 7.55. The molecular formula is C16H23NO4S. The fraction of sp³-hybridized carbons (Fsp3) is 0.688. The Morgan fingerprint density at radius 2 is 2.27 bits per heavy atom. The molecule has 3 unspecified atom stereocenters. The van der Waals surface area contributed by atoms with E-state index in [0.29, 0.717) is 19.9 Å². The van der Waals surface area contributed by atoms with Crippen LogP contribution in [0.15, 0.2) is 17.5 Å². The van der Waals surface area contributed by atoms with E-state index in [9.17, 15) is 4.79 Å². The number of carbonyl (C=O) groups excluding carboxylic acids is 1. The summed E-state index contributed by atoms with van der Waals surface area (Å²) in [5.41, 5.74) is 0. The van der Waals surface area contributed by atoms with Crippen LogP contribution in [0.2, 0.25) is 0 Å². The van der Waals surface area contributed by atoms with Crippen LogP contribution in [-0.2, 0) is 25.5 Å². The Bertz CT molecular complexity index is 479. The van der Waals surface area contributed by atoms with E-state index in [1.165, 1.54) is 4.88 Å². The van der Waals surface area contributed by atoms with E-state index in [4.69, 9.17) is 14.2 Å². The number of hydrogen-bond donors (Lipinski definition) is 0. The molecule has 3 atom stereocenters. The summed E-state index contributed by atoms with van der Waals surface area (Å²) in [4.78, 5) is 15.4. The van der Waals surface area contributed by atoms with Gasteiger partial charge in [0.15, 0.2) is 0 Å². The summed E-state index contributed by atoms with van der Waals surface area (Å²) < 4.78 is 16.9. The van der Waals surface area contributed by atoms with Crippen molar-refractivity contribution in [1.29, 1.82) is 0 Å². The molecule has 1 saturated heterocycles. The fourth-order valence-corrected chi connectivity index (χ4v) is 3.76. The normalized spacial score (nSPS) is 27.6. The molecule has 5 nitrogen and oxygen atoms in total. The SMILES string of the molecule is CCN(Cc1cccs1)C(=O)COC1CCC2OCOC2C1. The molecule has 1 aliphatic heterocycles. The molecule has 0 radical (unpaired) electrons. The van der Waals surface area contributed by atoms with E-state index in [0.717, 1.165) is 19.3 Å². The Hall–Kier alpha value is -0.950. The van der Waals surface area contributed by atoms with Gasteiger partial charge in [0.2, 0.25) is 5.91 Å². The average molecular weight is 325 g/mol. The van der Waals surface area contributed by atoms with Crippen LogP contribution in [0.1, 0.15) is 31.1 Å². The number of thiophene rings is 1. The molecule has 1 aliphatic carbocycles. The van der Waals surface area contributed by atoms with Gasteiger partial charge in [-0.3, -0.25) is 4.79 Å². The van der Waals surface area contributed by atoms with Gasteiger partial charge >= 0.3 is 0 Å². The first-order valence-electron chi connectivity index (χ1n) is 7.91. The van der Waals surface area contributed by atoms with Gasteiger partial charge in [-0.15, -0.1) is 11.3 Å². The first-order valence-corrected chi connectivity index (χ1v) is 8.79. The predicted molar refractivity (Wildman–Crippen MR) is 83.6 cm³/mol. The van der Waals surface area contributed by atoms with Crippen molar-refractivity contribution < 1.29 is 19.0 Å². The molecule has 2 aliphatic rings. The maximum atomic E-state index is 12.3. The minimum absolute atomic E-state index is 0.0570. The molecule has 1 amide bonds. The topological polar surface area (TPSA) is 48.0 Å². The van der Waals surface area contributed by atoms with E-state index in [1.807, 2.05) is 23.3 Å². The number of amides is 1. The molecule has 122 valence electrons. The summed E-state index contributed by atoms with van der Waals surface area (Å²) >= 11 is 1.68. The molecule has 0 aromatic carbocycles. The van der Waals surface area contributed by atoms with Crippen LogP contribution in [-0.4, -0.2) is 49.1 Å². The second-order valence-corrected chi connectivity index (χ2v) is 6.79. The van der Waals surface area contributed by atoms with Crippen LogP contribution in [0.5, 0.6) is 0 Å². The van der Waals surface area contributed by atoms with Crippen molar-refractivity contribution in [3.05, 3.63) is 22.4 Å². The Balaban J connectivity index is 1.44. The van der Waals surface area contributed by atoms with Crippen LogP contribution >= 0.6 is 11.3 Å². The molecular weight excluding hydrogens is 302 g/mol. The Morgan fingerprint density at radius 3 is 3.05 bits per heavy atom. The van der Waals surface area contributed by atoms with E-state index >= 15 is 0 Å². The highest BCUT2D eigenvalue weighted by Gasteiger charge is 2.36. The van der Waals surface area contributed by atoms with Gasteiger partial charge in [0.1, 0.15) is 13.4 Å². The lowest BCUT2D eigenvalue weighted by Gasteiger charge is -2.30. The van der Waals surface area contributed by atoms with Gasteiger partial charge in [0.05, 0.1) is 24.9 Å². The number of fused-ring (bicyclic) bond motifs is 1. The molecule has 0 spiro atoms. The van der Waals surface area contributed by atoms with E-state index in [-0.39, 0.29) is 30.8 Å². The molecule has 0 bridgehead atoms. The summed E-state index contributed by atoms with van der Waals surface area (Å²) in [6, 6.07) is 4.07. The highest BCUT2D eigenvalue weighted by atomic mass is 32.1. The van der Waals surface area contributed by atoms with Gasteiger partial charge in [0.25, 0.3) is 0 Å². The Labute approximate surface area is 135 Å². The van der Waals surface area contributed by atoms with Crippen molar-refractivity contribution in [3.8, 4) is 0 Å². The van der Waals surface area contributed by atoms with Crippen molar-refractivity contribution in [3.63, 3.8) is 0 Å². The summed E-state index contributed by atoms with van der Waals surface area (Å²) in [5.74, 6) is 0.0570. The zero-order valence-electron chi connectivity index (χ0n) is 12.9. The maximum Gasteiger partial charge on any atom is 0.248 e. The van der Waals surface area contributed by atoms with Crippen LogP contribution in [0.3, 0.4) is 0 Å². The summed E-state index contributed by atoms with van der Waals surface area (Å²) in [6.07, 6.45) is 3.19. The highest BCUT2D eigenvalue weighted by molar-refractivity contribution is 7.09. The number of carbonyl (C=O) groups is 1. The summed E-state index contributed by atoms with van der Waals surface area (Å²) in [6.45, 7) is 3.92. The standard InChI is InChI=1S/C16H23NO4S/c1-2-17(9-13-4-3-7-22-13)16(18)10-19-12-5-6-14-15(8-12)21-11-20-14/h3-4,7,12,14-15H,2,5-6,8-11H2,1H3. The number of hydrogen-bond acceptors (Lipinski definition) is 5. The predicted octanol–water partition coefficient (Wildman–Crippen LogP) is 2.41. The third-order valence-electron chi connectivity index (χ3n) is 4.35. The number of ether oxygens (including phenoxy) is 3. The number of likely N-dealkylation sites (N-methyl/N-ethyl adjacent to an activating group) is 1. The third kappa shape index (κ3) is 3.87. The number of nitrogens with zero attached hydrogens (tertiary/aromatic N) is 1. The van der Waals surface area contributed by atoms with Gasteiger partial charge in [-0.1, -0.05) is 6.07 Å². The largest absolute Gasteiger partial charge is 0.368 e. The second-order valence-electron chi connectivity index (χ2n) is 5.76. The monoisotopic (exact) mass is 325 g/mol. The van der Waals surface area contributed by atoms with Gasteiger partial charge in [-0.2, -0.15) is 0 Å². The van der Waals surface area contributed by atoms with Crippen LogP contribution in [0.4, 0.5) is 0 Å². The van der Waals surface area contributed by atoms with E-state index in [1.54, 1.807) is 11.3 Å². The lowest BCUT2D eigenvalue weighted by Crippen LogP contribution is -2.38. The fourth-order valence-electron chi connectivity index (χ4n) is 3.04. The average Bonchev–Trinajstić information content (AvgIpc) is 3.20. The highest BCUT2D eigenvalue weighted by Crippen LogP contribution is 2.30. The smallest absolute Gasteiger partial charge is 0.248 e. The van der Waals surface area contributed by atoms with Crippen molar-refractivity contribution in [1.82, 2.24) is 4.90 Å². The minimum Gasteiger partial charge on any atom is -0.368 e. The first-order chi connectivity index (χ1) is 10.8. The Morgan fingerprint density at radius 1 is 1.41 bits per heavy atom. The molecule has 1 aromatic heterocycles. The van der Waals surface area contributed by atoms with Gasteiger partial charge < -0.3 is 19.1 Å². The molecule has 22 heavy (non-hydrogen) atoms. The zero-order valence-corrected chi connectivity index (χ0v) is 13.7. The molecule has 1 aromatic rings. The minimum atomic E-state index is 0.0570. The molecule has 3 rings (SSSR count). The van der Waals surface area contributed by atoms with Crippen LogP contribution < -0.4 is 0 Å². The van der Waals surface area contributed by atoms with Gasteiger partial charge in [0, 0.05) is 17.8 Å². The van der Waals surface area contributed by atoms with E-state index < -0.39 is 0 Å². The summed E-state index contributed by atoms with van der Waals surface area (Å²) in [5, 5.41) is 2.03. The van der Waals surface area contributed by atoms with Gasteiger partial charge in [-0.25, -0.2) is 0 Å². The lowest BCUT2D eigenvalue weighted by atomic mass is 9.92. The third-order valence-corrected chi connectivity index (χ3v) is 5.21. The summed E-state index contributed by atoms with van der Waals surface area (Å²) in [7, 11) is 0. The first kappa shape index (κ1) is 15.9. The van der Waals surface area contributed by atoms with Crippen LogP contribution in [0.25, 0.3) is 0 Å². The quantitative estimate of drug-likeness (QED) is 0.806. The molecule has 0 N–H and O–H groups in total. The van der Waals surface area contributed by atoms with Gasteiger partial charge in [-0.05, 0) is 31.2 Å². The molecule has 2 fully saturated rings. The van der Waals surface area contributed by atoms with E-state index in [2.05, 4.69) is 6.07 Å². The molecule has 6 heteroatoms. The zero-order chi connectivity index (χ0) is 15.4. The lowest BCUT2D eigenvalue weighted by molar-refractivity contribution is -0.140. The van der Waals surface area contributed by atoms with Crippen molar-refractivity contribution in [2.45, 2.75) is 51.0 Å². The van der Waals surface area contributed by atoms with Crippen molar-refractivity contribution >= 4 is 17.2 Å².